The van der Waals surface area contributed by atoms with Gasteiger partial charge >= 0.3 is 0 Å². The van der Waals surface area contributed by atoms with Gasteiger partial charge in [-0.25, -0.2) is 15.0 Å². The van der Waals surface area contributed by atoms with Crippen LogP contribution in [0.4, 0.5) is 0 Å². The zero-order valence-electron chi connectivity index (χ0n) is 26.4. The number of hydrogen-bond acceptors (Lipinski definition) is 4. The molecule has 2 bridgehead atoms. The maximum Gasteiger partial charge on any atom is 0.165 e. The fraction of sp³-hybridized carbons (Fsp3) is 0.333. The van der Waals surface area contributed by atoms with Gasteiger partial charge in [0.05, 0.1) is 0 Å². The molecule has 225 valence electrons. The second-order valence-electron chi connectivity index (χ2n) is 14.4. The topological polar surface area (TPSA) is 51.6 Å². The van der Waals surface area contributed by atoms with Crippen molar-refractivity contribution in [1.29, 1.82) is 0 Å². The molecule has 0 N–H and O–H groups in total. The second kappa shape index (κ2) is 11.4. The zero-order valence-corrected chi connectivity index (χ0v) is 28.8. The number of hydrogen-bond donors (Lipinski definition) is 0. The van der Waals surface area contributed by atoms with Crippen LogP contribution in [0, 0.1) is 6.07 Å². The Morgan fingerprint density at radius 1 is 0.614 bits per heavy atom. The third kappa shape index (κ3) is 5.80. The van der Waals surface area contributed by atoms with E-state index in [-0.39, 0.29) is 30.9 Å². The van der Waals surface area contributed by atoms with Crippen molar-refractivity contribution in [3.63, 3.8) is 0 Å². The normalized spacial score (nSPS) is 17.3. The molecule has 5 heteroatoms. The Labute approximate surface area is 275 Å². The van der Waals surface area contributed by atoms with Gasteiger partial charge < -0.3 is 4.98 Å². The molecule has 44 heavy (non-hydrogen) atoms. The van der Waals surface area contributed by atoms with Crippen LogP contribution >= 0.6 is 0 Å². The minimum atomic E-state index is 0. The maximum absolute atomic E-state index is 4.95. The van der Waals surface area contributed by atoms with Crippen molar-refractivity contribution in [1.82, 2.24) is 19.9 Å². The molecule has 1 radical (unpaired) electrons. The average molecular weight is 756 g/mol. The van der Waals surface area contributed by atoms with Gasteiger partial charge in [0, 0.05) is 43.0 Å². The van der Waals surface area contributed by atoms with Crippen molar-refractivity contribution in [2.24, 2.45) is 0 Å². The summed E-state index contributed by atoms with van der Waals surface area (Å²) in [4.78, 5) is 19.7. The van der Waals surface area contributed by atoms with Gasteiger partial charge in [-0.05, 0) is 52.3 Å². The van der Waals surface area contributed by atoms with Gasteiger partial charge in [0.15, 0.2) is 17.5 Å². The minimum absolute atomic E-state index is 0. The molecule has 2 atom stereocenters. The Bertz CT molecular complexity index is 1720. The van der Waals surface area contributed by atoms with Crippen LogP contribution in [0.2, 0.25) is 0 Å². The summed E-state index contributed by atoms with van der Waals surface area (Å²) in [6, 6.07) is 29.3. The van der Waals surface area contributed by atoms with Crippen LogP contribution in [0.1, 0.15) is 94.9 Å². The fourth-order valence-electron chi connectivity index (χ4n) is 6.61. The predicted molar refractivity (Wildman–Crippen MR) is 175 cm³/mol. The van der Waals surface area contributed by atoms with Gasteiger partial charge in [0.25, 0.3) is 0 Å². The average Bonchev–Trinajstić information content (AvgIpc) is 3.63. The van der Waals surface area contributed by atoms with E-state index in [1.807, 2.05) is 6.20 Å². The standard InChI is InChI=1S/C39H39N4.Ir/c1-38(2,3)30-15-9-24(10-16-30)35-41-36(25-11-17-31(18-12-25)39(4,5)6)43-37(42-35)29-14-20-34(40-23-29)28-13-19-32-26-7-8-27(21-26)33(32)22-28;/h9-12,14-20,22-23,26-27H,7-8,21H2,1-6H3;/q-1;. The molecule has 0 saturated heterocycles. The van der Waals surface area contributed by atoms with E-state index in [2.05, 4.69) is 120 Å². The van der Waals surface area contributed by atoms with Gasteiger partial charge in [-0.3, -0.25) is 0 Å². The van der Waals surface area contributed by atoms with E-state index in [1.54, 1.807) is 0 Å². The first-order valence-electron chi connectivity index (χ1n) is 15.5. The Hall–Kier alpha value is -3.53. The van der Waals surface area contributed by atoms with Gasteiger partial charge in [0.2, 0.25) is 0 Å². The largest absolute Gasteiger partial charge is 0.304 e. The van der Waals surface area contributed by atoms with Crippen molar-refractivity contribution in [2.75, 3.05) is 0 Å². The number of nitrogens with zero attached hydrogens (tertiary/aromatic N) is 4. The Balaban J connectivity index is 0.00000343. The molecule has 7 rings (SSSR count). The molecule has 2 aliphatic rings. The van der Waals surface area contributed by atoms with E-state index >= 15 is 0 Å². The van der Waals surface area contributed by atoms with Crippen LogP contribution in [0.25, 0.3) is 45.4 Å². The smallest absolute Gasteiger partial charge is 0.165 e. The molecule has 0 amide bonds. The summed E-state index contributed by atoms with van der Waals surface area (Å²) in [6.07, 6.45) is 5.84. The number of rotatable bonds is 4. The third-order valence-corrected chi connectivity index (χ3v) is 9.28. The van der Waals surface area contributed by atoms with E-state index in [0.29, 0.717) is 23.4 Å². The van der Waals surface area contributed by atoms with Crippen molar-refractivity contribution < 1.29 is 20.1 Å². The van der Waals surface area contributed by atoms with Crippen molar-refractivity contribution >= 4 is 0 Å². The first-order chi connectivity index (χ1) is 20.5. The third-order valence-electron chi connectivity index (χ3n) is 9.28. The molecular weight excluding hydrogens is 717 g/mol. The molecule has 5 aromatic rings. The second-order valence-corrected chi connectivity index (χ2v) is 14.4. The number of benzene rings is 3. The summed E-state index contributed by atoms with van der Waals surface area (Å²) in [5.41, 5.74) is 10.5. The van der Waals surface area contributed by atoms with E-state index in [0.717, 1.165) is 33.9 Å². The van der Waals surface area contributed by atoms with E-state index in [1.165, 1.54) is 41.5 Å². The van der Waals surface area contributed by atoms with Crippen LogP contribution in [0.3, 0.4) is 0 Å². The van der Waals surface area contributed by atoms with E-state index < -0.39 is 0 Å². The molecule has 4 nitrogen and oxygen atoms in total. The summed E-state index contributed by atoms with van der Waals surface area (Å²) in [5, 5.41) is 0. The van der Waals surface area contributed by atoms with Crippen molar-refractivity contribution in [3.8, 4) is 45.4 Å². The first kappa shape index (κ1) is 30.5. The molecule has 0 aliphatic heterocycles. The van der Waals surface area contributed by atoms with Crippen LogP contribution in [0.15, 0.2) is 79.0 Å². The molecule has 2 unspecified atom stereocenters. The number of fused-ring (bicyclic) bond motifs is 5. The minimum Gasteiger partial charge on any atom is -0.304 e. The van der Waals surface area contributed by atoms with Crippen molar-refractivity contribution in [3.05, 3.63) is 107 Å². The summed E-state index contributed by atoms with van der Waals surface area (Å²) < 4.78 is 0. The number of aromatic nitrogens is 4. The molecule has 1 fully saturated rings. The number of pyridine rings is 1. The van der Waals surface area contributed by atoms with Crippen LogP contribution in [-0.4, -0.2) is 19.9 Å². The quantitative estimate of drug-likeness (QED) is 0.172. The van der Waals surface area contributed by atoms with Crippen LogP contribution in [0.5, 0.6) is 0 Å². The maximum atomic E-state index is 4.95. The Morgan fingerprint density at radius 2 is 1.09 bits per heavy atom. The zero-order chi connectivity index (χ0) is 29.9. The van der Waals surface area contributed by atoms with Gasteiger partial charge in [-0.1, -0.05) is 109 Å². The Morgan fingerprint density at radius 3 is 1.57 bits per heavy atom. The summed E-state index contributed by atoms with van der Waals surface area (Å²) >= 11 is 0. The van der Waals surface area contributed by atoms with E-state index in [4.69, 9.17) is 19.9 Å². The predicted octanol–water partition coefficient (Wildman–Crippen LogP) is 9.69. The van der Waals surface area contributed by atoms with Crippen molar-refractivity contribution in [2.45, 2.75) is 83.5 Å². The SMILES string of the molecule is CC(C)(C)c1ccc(-c2nc(-c3ccc(C(C)(C)C)cc3)nc(-c3ccc(-c4[c-]cc5c(c4)C4CCC5C4)nc3)n2)cc1.[Ir]. The summed E-state index contributed by atoms with van der Waals surface area (Å²) in [5.74, 6) is 3.39. The molecular formula is C39H39IrN4-. The molecule has 2 heterocycles. The first-order valence-corrected chi connectivity index (χ1v) is 15.5. The Kier molecular flexibility index (Phi) is 7.93. The molecule has 2 aliphatic carbocycles. The summed E-state index contributed by atoms with van der Waals surface area (Å²) in [6.45, 7) is 13.4. The van der Waals surface area contributed by atoms with Gasteiger partial charge in [0.1, 0.15) is 0 Å². The van der Waals surface area contributed by atoms with Crippen LogP contribution in [-0.2, 0) is 30.9 Å². The fourth-order valence-corrected chi connectivity index (χ4v) is 6.61. The van der Waals surface area contributed by atoms with Gasteiger partial charge in [-0.2, -0.15) is 0 Å². The molecule has 3 aromatic carbocycles. The molecule has 2 aromatic heterocycles. The van der Waals surface area contributed by atoms with Crippen LogP contribution < -0.4 is 0 Å². The monoisotopic (exact) mass is 756 g/mol. The molecule has 1 saturated carbocycles. The molecule has 0 spiro atoms. The van der Waals surface area contributed by atoms with E-state index in [9.17, 15) is 0 Å². The van der Waals surface area contributed by atoms with Gasteiger partial charge in [-0.15, -0.1) is 34.9 Å². The summed E-state index contributed by atoms with van der Waals surface area (Å²) in [7, 11) is 0.